The molecule has 4 nitrogen and oxygen atoms in total. The zero-order valence-corrected chi connectivity index (χ0v) is 23.2. The van der Waals surface area contributed by atoms with Crippen molar-refractivity contribution in [3.8, 4) is 45.3 Å². The molecule has 3 aromatic carbocycles. The van der Waals surface area contributed by atoms with Crippen LogP contribution in [0.15, 0.2) is 85.2 Å². The van der Waals surface area contributed by atoms with E-state index in [9.17, 15) is 0 Å². The van der Waals surface area contributed by atoms with Crippen molar-refractivity contribution in [3.63, 3.8) is 0 Å². The van der Waals surface area contributed by atoms with Gasteiger partial charge in [0.2, 0.25) is 0 Å². The minimum atomic E-state index is 0.723. The third-order valence-corrected chi connectivity index (χ3v) is 9.13. The Morgan fingerprint density at radius 3 is 1.32 bits per heavy atom. The lowest BCUT2D eigenvalue weighted by atomic mass is 9.84. The van der Waals surface area contributed by atoms with Gasteiger partial charge in [-0.25, -0.2) is 9.97 Å². The van der Waals surface area contributed by atoms with Crippen LogP contribution in [-0.4, -0.2) is 19.9 Å². The number of imidazole rings is 2. The number of benzene rings is 3. The molecule has 0 bridgehead atoms. The smallest absolute Gasteiger partial charge is 0.138 e. The fourth-order valence-electron chi connectivity index (χ4n) is 6.77. The number of H-pyrrole nitrogens is 2. The third-order valence-electron chi connectivity index (χ3n) is 9.13. The Bertz CT molecular complexity index is 1430. The molecule has 40 heavy (non-hydrogen) atoms. The van der Waals surface area contributed by atoms with Crippen molar-refractivity contribution in [1.29, 1.82) is 0 Å². The molecule has 2 aliphatic carbocycles. The van der Waals surface area contributed by atoms with E-state index < -0.39 is 0 Å². The van der Waals surface area contributed by atoms with E-state index in [2.05, 4.69) is 82.8 Å². The van der Waals surface area contributed by atoms with E-state index in [1.165, 1.54) is 75.3 Å². The Hall–Kier alpha value is -3.92. The first kappa shape index (κ1) is 25.1. The summed E-state index contributed by atoms with van der Waals surface area (Å²) in [5.41, 5.74) is 9.27. The molecule has 202 valence electrons. The lowest BCUT2D eigenvalue weighted by molar-refractivity contribution is 0.443. The van der Waals surface area contributed by atoms with Crippen LogP contribution in [0.3, 0.4) is 0 Å². The molecule has 0 spiro atoms. The Morgan fingerprint density at radius 1 is 0.475 bits per heavy atom. The number of nitrogens with one attached hydrogen (secondary N) is 2. The maximum Gasteiger partial charge on any atom is 0.138 e. The molecule has 2 saturated carbocycles. The number of rotatable bonds is 6. The molecule has 4 heteroatoms. The van der Waals surface area contributed by atoms with Gasteiger partial charge in [0.05, 0.1) is 11.4 Å². The van der Waals surface area contributed by atoms with Crippen LogP contribution in [-0.2, 0) is 0 Å². The van der Waals surface area contributed by atoms with E-state index in [-0.39, 0.29) is 0 Å². The summed E-state index contributed by atoms with van der Waals surface area (Å²) in [6.07, 6.45) is 17.5. The summed E-state index contributed by atoms with van der Waals surface area (Å²) < 4.78 is 0. The van der Waals surface area contributed by atoms with Crippen molar-refractivity contribution in [2.75, 3.05) is 0 Å². The average Bonchev–Trinajstić information content (AvgIpc) is 3.74. The van der Waals surface area contributed by atoms with E-state index in [4.69, 9.17) is 9.97 Å². The number of nitrogens with zero attached hydrogens (tertiary/aromatic N) is 2. The van der Waals surface area contributed by atoms with Gasteiger partial charge in [0.15, 0.2) is 0 Å². The molecule has 0 aliphatic heterocycles. The minimum absolute atomic E-state index is 0.723. The zero-order valence-electron chi connectivity index (χ0n) is 23.2. The van der Waals surface area contributed by atoms with Gasteiger partial charge < -0.3 is 9.97 Å². The molecule has 0 saturated heterocycles. The maximum atomic E-state index is 4.94. The van der Waals surface area contributed by atoms with Crippen LogP contribution < -0.4 is 0 Å². The fraction of sp³-hybridized carbons (Fsp3) is 0.333. The van der Waals surface area contributed by atoms with Crippen LogP contribution in [0.25, 0.3) is 45.3 Å². The summed E-state index contributed by atoms with van der Waals surface area (Å²) in [4.78, 5) is 16.7. The van der Waals surface area contributed by atoms with Crippen LogP contribution in [0.1, 0.15) is 87.2 Å². The normalized spacial score (nSPS) is 16.8. The fourth-order valence-corrected chi connectivity index (χ4v) is 6.77. The molecule has 7 rings (SSSR count). The summed E-state index contributed by atoms with van der Waals surface area (Å²) in [5.74, 6) is 3.27. The molecule has 2 aliphatic rings. The molecule has 0 radical (unpaired) electrons. The lowest BCUT2D eigenvalue weighted by Gasteiger charge is -2.21. The molecule has 0 atom stereocenters. The van der Waals surface area contributed by atoms with Crippen molar-refractivity contribution in [1.82, 2.24) is 19.9 Å². The molecule has 0 amide bonds. The maximum absolute atomic E-state index is 4.94. The first-order valence-corrected chi connectivity index (χ1v) is 15.2. The van der Waals surface area contributed by atoms with Crippen LogP contribution in [0.2, 0.25) is 0 Å². The molecular weight excluding hydrogens is 488 g/mol. The number of aromatic nitrogens is 4. The predicted octanol–water partition coefficient (Wildman–Crippen LogP) is 9.90. The molecular formula is C36H38N4. The van der Waals surface area contributed by atoms with E-state index >= 15 is 0 Å². The quantitative estimate of drug-likeness (QED) is 0.231. The molecule has 2 N–H and O–H groups in total. The topological polar surface area (TPSA) is 57.4 Å². The van der Waals surface area contributed by atoms with Crippen LogP contribution in [0.5, 0.6) is 0 Å². The highest BCUT2D eigenvalue weighted by molar-refractivity contribution is 5.72. The number of aromatic amines is 2. The van der Waals surface area contributed by atoms with E-state index in [1.807, 2.05) is 12.4 Å². The number of hydrogen-bond acceptors (Lipinski definition) is 2. The van der Waals surface area contributed by atoms with Crippen LogP contribution in [0, 0.1) is 0 Å². The SMILES string of the molecule is c1cc(-c2c[nH]c(-c3ccc(C4CCCCC4)cc3)n2)cc(-c2c[nH]c(-c3ccc(C4CCCCC4)cc3)n2)c1. The van der Waals surface area contributed by atoms with E-state index in [1.54, 1.807) is 0 Å². The van der Waals surface area contributed by atoms with Gasteiger partial charge in [-0.3, -0.25) is 0 Å². The highest BCUT2D eigenvalue weighted by Crippen LogP contribution is 2.35. The van der Waals surface area contributed by atoms with Crippen LogP contribution in [0.4, 0.5) is 0 Å². The van der Waals surface area contributed by atoms with Gasteiger partial charge in [-0.15, -0.1) is 0 Å². The van der Waals surface area contributed by atoms with Gasteiger partial charge in [0.1, 0.15) is 11.6 Å². The van der Waals surface area contributed by atoms with Gasteiger partial charge in [0.25, 0.3) is 0 Å². The van der Waals surface area contributed by atoms with Crippen LogP contribution >= 0.6 is 0 Å². The Balaban J connectivity index is 1.07. The highest BCUT2D eigenvalue weighted by atomic mass is 14.9. The Kier molecular flexibility index (Phi) is 7.08. The first-order chi connectivity index (χ1) is 19.8. The summed E-state index contributed by atoms with van der Waals surface area (Å²) in [7, 11) is 0. The summed E-state index contributed by atoms with van der Waals surface area (Å²) in [6.45, 7) is 0. The molecule has 2 fully saturated rings. The Labute approximate surface area is 237 Å². The standard InChI is InChI=1S/C36H38N4/c1-3-8-25(9-4-1)27-14-18-29(19-15-27)35-37-23-33(39-35)31-12-7-13-32(22-31)34-24-38-36(40-34)30-20-16-28(17-21-30)26-10-5-2-6-11-26/h7,12-26H,1-6,8-11H2,(H,37,39)(H,38,40). The molecule has 0 unspecified atom stereocenters. The van der Waals surface area contributed by atoms with Crippen molar-refractivity contribution < 1.29 is 0 Å². The highest BCUT2D eigenvalue weighted by Gasteiger charge is 2.17. The second kappa shape index (κ2) is 11.3. The summed E-state index contributed by atoms with van der Waals surface area (Å²) >= 11 is 0. The Morgan fingerprint density at radius 2 is 0.900 bits per heavy atom. The molecule has 5 aromatic rings. The van der Waals surface area contributed by atoms with Crippen molar-refractivity contribution in [2.24, 2.45) is 0 Å². The second-order valence-electron chi connectivity index (χ2n) is 11.8. The lowest BCUT2D eigenvalue weighted by Crippen LogP contribution is -2.04. The van der Waals surface area contributed by atoms with Crippen molar-refractivity contribution in [2.45, 2.75) is 76.0 Å². The summed E-state index contributed by atoms with van der Waals surface area (Å²) in [5, 5.41) is 0. The first-order valence-electron chi connectivity index (χ1n) is 15.2. The second-order valence-corrected chi connectivity index (χ2v) is 11.8. The van der Waals surface area contributed by atoms with Gasteiger partial charge in [-0.2, -0.15) is 0 Å². The van der Waals surface area contributed by atoms with Gasteiger partial charge in [0, 0.05) is 34.6 Å². The minimum Gasteiger partial charge on any atom is -0.344 e. The zero-order chi connectivity index (χ0) is 26.7. The average molecular weight is 527 g/mol. The van der Waals surface area contributed by atoms with E-state index in [0.29, 0.717) is 0 Å². The van der Waals surface area contributed by atoms with E-state index in [0.717, 1.165) is 57.1 Å². The van der Waals surface area contributed by atoms with Gasteiger partial charge >= 0.3 is 0 Å². The predicted molar refractivity (Wildman–Crippen MR) is 164 cm³/mol. The van der Waals surface area contributed by atoms with Crippen molar-refractivity contribution >= 4 is 0 Å². The molecule has 2 heterocycles. The van der Waals surface area contributed by atoms with Crippen molar-refractivity contribution in [3.05, 3.63) is 96.3 Å². The summed E-state index contributed by atoms with van der Waals surface area (Å²) in [6, 6.07) is 26.6. The largest absolute Gasteiger partial charge is 0.344 e. The van der Waals surface area contributed by atoms with Gasteiger partial charge in [-0.05, 0) is 54.7 Å². The van der Waals surface area contributed by atoms with Gasteiger partial charge in [-0.1, -0.05) is 105 Å². The molecule has 2 aromatic heterocycles. The number of hydrogen-bond donors (Lipinski definition) is 2. The third kappa shape index (κ3) is 5.28. The monoisotopic (exact) mass is 526 g/mol.